The molecule has 3 rings (SSSR count). The lowest BCUT2D eigenvalue weighted by Gasteiger charge is -2.30. The predicted octanol–water partition coefficient (Wildman–Crippen LogP) is 1.60. The van der Waals surface area contributed by atoms with E-state index in [2.05, 4.69) is 35.0 Å². The summed E-state index contributed by atoms with van der Waals surface area (Å²) in [5, 5.41) is 0. The van der Waals surface area contributed by atoms with Crippen molar-refractivity contribution in [2.45, 2.75) is 31.8 Å². The molecule has 98 valence electrons. The molecular formula is C15H23N3. The average molecular weight is 245 g/mol. The van der Waals surface area contributed by atoms with Crippen LogP contribution in [0.1, 0.15) is 24.0 Å². The van der Waals surface area contributed by atoms with Gasteiger partial charge in [-0.25, -0.2) is 0 Å². The zero-order valence-corrected chi connectivity index (χ0v) is 11.2. The van der Waals surface area contributed by atoms with Crippen LogP contribution in [0.5, 0.6) is 0 Å². The van der Waals surface area contributed by atoms with Crippen molar-refractivity contribution >= 4 is 5.69 Å². The molecule has 3 heteroatoms. The normalized spacial score (nSPS) is 21.3. The molecule has 3 nitrogen and oxygen atoms in total. The van der Waals surface area contributed by atoms with Crippen LogP contribution in [0.15, 0.2) is 18.2 Å². The van der Waals surface area contributed by atoms with E-state index >= 15 is 0 Å². The lowest BCUT2D eigenvalue weighted by atomic mass is 10.0. The molecular weight excluding hydrogens is 222 g/mol. The van der Waals surface area contributed by atoms with E-state index in [4.69, 9.17) is 5.73 Å². The summed E-state index contributed by atoms with van der Waals surface area (Å²) >= 11 is 0. The fourth-order valence-electron chi connectivity index (χ4n) is 3.09. The van der Waals surface area contributed by atoms with Crippen molar-refractivity contribution in [3.63, 3.8) is 0 Å². The Bertz CT molecular complexity index is 422. The maximum atomic E-state index is 5.95. The maximum Gasteiger partial charge on any atom is 0.0397 e. The Morgan fingerprint density at radius 3 is 2.78 bits per heavy atom. The Morgan fingerprint density at radius 2 is 2.00 bits per heavy atom. The van der Waals surface area contributed by atoms with Gasteiger partial charge in [0.1, 0.15) is 0 Å². The van der Waals surface area contributed by atoms with Gasteiger partial charge in [-0.3, -0.25) is 4.90 Å². The molecule has 0 aliphatic carbocycles. The summed E-state index contributed by atoms with van der Waals surface area (Å²) in [6.45, 7) is 4.55. The van der Waals surface area contributed by atoms with Gasteiger partial charge in [0.25, 0.3) is 0 Å². The molecule has 1 fully saturated rings. The monoisotopic (exact) mass is 245 g/mol. The summed E-state index contributed by atoms with van der Waals surface area (Å²) < 4.78 is 0. The van der Waals surface area contributed by atoms with E-state index in [1.165, 1.54) is 23.2 Å². The van der Waals surface area contributed by atoms with Crippen LogP contribution < -0.4 is 10.6 Å². The first kappa shape index (κ1) is 12.0. The van der Waals surface area contributed by atoms with Crippen LogP contribution in [0.3, 0.4) is 0 Å². The Labute approximate surface area is 110 Å². The number of fused-ring (bicyclic) bond motifs is 1. The van der Waals surface area contributed by atoms with Crippen molar-refractivity contribution in [1.29, 1.82) is 0 Å². The van der Waals surface area contributed by atoms with Crippen molar-refractivity contribution in [1.82, 2.24) is 4.90 Å². The Hall–Kier alpha value is -1.06. The van der Waals surface area contributed by atoms with Gasteiger partial charge in [-0.2, -0.15) is 0 Å². The van der Waals surface area contributed by atoms with E-state index < -0.39 is 0 Å². The Kier molecular flexibility index (Phi) is 3.27. The second-order valence-corrected chi connectivity index (χ2v) is 5.75. The van der Waals surface area contributed by atoms with Gasteiger partial charge >= 0.3 is 0 Å². The fraction of sp³-hybridized carbons (Fsp3) is 0.600. The fourth-order valence-corrected chi connectivity index (χ4v) is 3.09. The zero-order chi connectivity index (χ0) is 12.5. The molecule has 1 aromatic carbocycles. The highest BCUT2D eigenvalue weighted by Gasteiger charge is 2.18. The molecule has 0 bridgehead atoms. The first-order valence-corrected chi connectivity index (χ1v) is 7.03. The van der Waals surface area contributed by atoms with E-state index in [1.807, 2.05) is 0 Å². The van der Waals surface area contributed by atoms with Crippen LogP contribution in [0.2, 0.25) is 0 Å². The minimum absolute atomic E-state index is 0.426. The number of likely N-dealkylation sites (N-methyl/N-ethyl adjacent to an activating group) is 1. The van der Waals surface area contributed by atoms with Crippen LogP contribution in [0.4, 0.5) is 5.69 Å². The summed E-state index contributed by atoms with van der Waals surface area (Å²) in [5.41, 5.74) is 10.3. The van der Waals surface area contributed by atoms with Crippen molar-refractivity contribution < 1.29 is 0 Å². The van der Waals surface area contributed by atoms with Gasteiger partial charge < -0.3 is 10.6 Å². The molecule has 0 aromatic heterocycles. The molecule has 2 aliphatic rings. The summed E-state index contributed by atoms with van der Waals surface area (Å²) in [4.78, 5) is 4.88. The number of hydrogen-bond acceptors (Lipinski definition) is 3. The van der Waals surface area contributed by atoms with Crippen molar-refractivity contribution in [3.8, 4) is 0 Å². The molecule has 0 radical (unpaired) electrons. The topological polar surface area (TPSA) is 32.5 Å². The second-order valence-electron chi connectivity index (χ2n) is 5.75. The standard InChI is InChI=1S/C15H23N3/c1-17-7-4-13-10-12(2-3-15(13)17)11-18-8-5-14(16)6-9-18/h2-3,10,14H,4-9,11,16H2,1H3. The number of nitrogens with two attached hydrogens (primary N) is 1. The first-order valence-electron chi connectivity index (χ1n) is 7.03. The summed E-state index contributed by atoms with van der Waals surface area (Å²) in [7, 11) is 2.18. The molecule has 0 unspecified atom stereocenters. The largest absolute Gasteiger partial charge is 0.374 e. The number of piperidine rings is 1. The number of likely N-dealkylation sites (tertiary alicyclic amines) is 1. The number of anilines is 1. The van der Waals surface area contributed by atoms with E-state index in [-0.39, 0.29) is 0 Å². The van der Waals surface area contributed by atoms with E-state index in [9.17, 15) is 0 Å². The number of nitrogens with zero attached hydrogens (tertiary/aromatic N) is 2. The first-order chi connectivity index (χ1) is 8.72. The van der Waals surface area contributed by atoms with E-state index in [0.717, 1.165) is 39.0 Å². The van der Waals surface area contributed by atoms with Gasteiger partial charge in [0.05, 0.1) is 0 Å². The van der Waals surface area contributed by atoms with Gasteiger partial charge in [-0.05, 0) is 49.5 Å². The van der Waals surface area contributed by atoms with Crippen LogP contribution in [-0.2, 0) is 13.0 Å². The number of hydrogen-bond donors (Lipinski definition) is 1. The maximum absolute atomic E-state index is 5.95. The molecule has 0 saturated carbocycles. The number of rotatable bonds is 2. The molecule has 2 aliphatic heterocycles. The average Bonchev–Trinajstić information content (AvgIpc) is 2.74. The molecule has 18 heavy (non-hydrogen) atoms. The second kappa shape index (κ2) is 4.90. The highest BCUT2D eigenvalue weighted by atomic mass is 15.1. The van der Waals surface area contributed by atoms with Gasteiger partial charge in [0.15, 0.2) is 0 Å². The molecule has 1 aromatic rings. The van der Waals surface area contributed by atoms with Crippen LogP contribution >= 0.6 is 0 Å². The van der Waals surface area contributed by atoms with Crippen molar-refractivity contribution in [2.75, 3.05) is 31.6 Å². The van der Waals surface area contributed by atoms with Crippen LogP contribution in [0, 0.1) is 0 Å². The highest BCUT2D eigenvalue weighted by Crippen LogP contribution is 2.28. The van der Waals surface area contributed by atoms with Gasteiger partial charge in [-0.15, -0.1) is 0 Å². The lowest BCUT2D eigenvalue weighted by molar-refractivity contribution is 0.205. The molecule has 2 heterocycles. The Morgan fingerprint density at radius 1 is 1.22 bits per heavy atom. The molecule has 1 saturated heterocycles. The smallest absolute Gasteiger partial charge is 0.0397 e. The van der Waals surface area contributed by atoms with Crippen LogP contribution in [-0.4, -0.2) is 37.6 Å². The van der Waals surface area contributed by atoms with Crippen LogP contribution in [0.25, 0.3) is 0 Å². The van der Waals surface area contributed by atoms with E-state index in [0.29, 0.717) is 6.04 Å². The molecule has 0 spiro atoms. The summed E-state index contributed by atoms with van der Waals surface area (Å²) in [6.07, 6.45) is 3.49. The molecule has 0 atom stereocenters. The van der Waals surface area contributed by atoms with Gasteiger partial charge in [0.2, 0.25) is 0 Å². The van der Waals surface area contributed by atoms with Crippen molar-refractivity contribution in [3.05, 3.63) is 29.3 Å². The summed E-state index contributed by atoms with van der Waals surface area (Å²) in [6, 6.07) is 7.39. The SMILES string of the molecule is CN1CCc2cc(CN3CCC(N)CC3)ccc21. The van der Waals surface area contributed by atoms with Crippen molar-refractivity contribution in [2.24, 2.45) is 5.73 Å². The predicted molar refractivity (Wildman–Crippen MR) is 75.9 cm³/mol. The summed E-state index contributed by atoms with van der Waals surface area (Å²) in [5.74, 6) is 0. The van der Waals surface area contributed by atoms with E-state index in [1.54, 1.807) is 0 Å². The zero-order valence-electron chi connectivity index (χ0n) is 11.2. The minimum Gasteiger partial charge on any atom is -0.374 e. The minimum atomic E-state index is 0.426. The quantitative estimate of drug-likeness (QED) is 0.859. The lowest BCUT2D eigenvalue weighted by Crippen LogP contribution is -2.39. The number of benzene rings is 1. The third-order valence-electron chi connectivity index (χ3n) is 4.31. The highest BCUT2D eigenvalue weighted by molar-refractivity contribution is 5.58. The Balaban J connectivity index is 1.67. The molecule has 0 amide bonds. The molecule has 2 N–H and O–H groups in total. The van der Waals surface area contributed by atoms with Gasteiger partial charge in [-0.1, -0.05) is 12.1 Å². The third-order valence-corrected chi connectivity index (χ3v) is 4.31. The van der Waals surface area contributed by atoms with Gasteiger partial charge in [0, 0.05) is 31.9 Å². The third kappa shape index (κ3) is 2.38.